The van der Waals surface area contributed by atoms with Crippen LogP contribution in [-0.2, 0) is 0 Å². The third-order valence-corrected chi connectivity index (χ3v) is 4.22. The van der Waals surface area contributed by atoms with Crippen LogP contribution in [0.3, 0.4) is 0 Å². The molecule has 0 nitrogen and oxygen atoms in total. The minimum absolute atomic E-state index is 0.349. The highest BCUT2D eigenvalue weighted by Crippen LogP contribution is 2.42. The summed E-state index contributed by atoms with van der Waals surface area (Å²) in [6, 6.07) is 0. The van der Waals surface area contributed by atoms with E-state index in [1.165, 1.54) is 19.3 Å². The Morgan fingerprint density at radius 1 is 1.08 bits per heavy atom. The van der Waals surface area contributed by atoms with Gasteiger partial charge in [0.25, 0.3) is 0 Å². The molecular weight excluding hydrogens is 212 g/mol. The molecule has 0 aromatic carbocycles. The van der Waals surface area contributed by atoms with Crippen LogP contribution in [0.1, 0.15) is 47.0 Å². The van der Waals surface area contributed by atoms with Crippen molar-refractivity contribution in [1.82, 2.24) is 0 Å². The minimum atomic E-state index is 0.349. The second kappa shape index (κ2) is 3.69. The molecule has 0 saturated heterocycles. The normalized spacial score (nSPS) is 38.2. The summed E-state index contributed by atoms with van der Waals surface area (Å²) in [6.45, 7) is 9.40. The Hall–Kier alpha value is 0.480. The van der Waals surface area contributed by atoms with Crippen LogP contribution < -0.4 is 0 Å². The monoisotopic (exact) mass is 232 g/mol. The van der Waals surface area contributed by atoms with Crippen molar-refractivity contribution in [1.29, 1.82) is 0 Å². The topological polar surface area (TPSA) is 0 Å². The second-order valence-corrected chi connectivity index (χ2v) is 7.07. The maximum Gasteiger partial charge on any atom is 0.0230 e. The fraction of sp³-hybridized carbons (Fsp3) is 1.00. The third-order valence-electron chi connectivity index (χ3n) is 3.57. The highest BCUT2D eigenvalue weighted by Gasteiger charge is 2.32. The minimum Gasteiger partial charge on any atom is -0.0856 e. The summed E-state index contributed by atoms with van der Waals surface area (Å²) >= 11 is 3.79. The first-order chi connectivity index (χ1) is 5.41. The van der Waals surface area contributed by atoms with Crippen LogP contribution in [0.4, 0.5) is 0 Å². The lowest BCUT2D eigenvalue weighted by Crippen LogP contribution is -2.31. The number of halogens is 1. The standard InChI is InChI=1S/C11H21Br/c1-8-5-6-10(7-9(8)2)11(3,4)12/h8-10H,5-7H2,1-4H3. The van der Waals surface area contributed by atoms with Gasteiger partial charge in [0, 0.05) is 4.32 Å². The zero-order valence-corrected chi connectivity index (χ0v) is 10.3. The Labute approximate surface area is 85.3 Å². The van der Waals surface area contributed by atoms with Crippen LogP contribution in [-0.4, -0.2) is 4.32 Å². The van der Waals surface area contributed by atoms with Gasteiger partial charge >= 0.3 is 0 Å². The molecule has 0 aromatic rings. The summed E-state index contributed by atoms with van der Waals surface area (Å²) in [5, 5.41) is 0. The molecule has 72 valence electrons. The molecule has 0 bridgehead atoms. The van der Waals surface area contributed by atoms with Crippen LogP contribution in [0, 0.1) is 17.8 Å². The molecule has 1 rings (SSSR count). The Bertz CT molecular complexity index is 146. The summed E-state index contributed by atoms with van der Waals surface area (Å²) in [7, 11) is 0. The van der Waals surface area contributed by atoms with E-state index in [0.717, 1.165) is 17.8 Å². The average Bonchev–Trinajstić information content (AvgIpc) is 1.92. The molecule has 1 aliphatic carbocycles. The molecule has 1 aliphatic rings. The summed E-state index contributed by atoms with van der Waals surface area (Å²) in [5.41, 5.74) is 0. The molecule has 1 heteroatoms. The van der Waals surface area contributed by atoms with Crippen molar-refractivity contribution in [3.05, 3.63) is 0 Å². The summed E-state index contributed by atoms with van der Waals surface area (Å²) in [4.78, 5) is 0. The predicted octanol–water partition coefficient (Wildman–Crippen LogP) is 4.23. The van der Waals surface area contributed by atoms with Gasteiger partial charge in [-0.05, 0) is 44.4 Å². The van der Waals surface area contributed by atoms with Gasteiger partial charge in [0.1, 0.15) is 0 Å². The van der Waals surface area contributed by atoms with Crippen molar-refractivity contribution in [2.24, 2.45) is 17.8 Å². The summed E-state index contributed by atoms with van der Waals surface area (Å²) < 4.78 is 0.349. The molecule has 0 heterocycles. The van der Waals surface area contributed by atoms with Crippen LogP contribution >= 0.6 is 15.9 Å². The molecule has 1 fully saturated rings. The quantitative estimate of drug-likeness (QED) is 0.594. The van der Waals surface area contributed by atoms with Gasteiger partial charge in [-0.15, -0.1) is 0 Å². The van der Waals surface area contributed by atoms with Crippen molar-refractivity contribution in [3.63, 3.8) is 0 Å². The van der Waals surface area contributed by atoms with Gasteiger partial charge in [-0.2, -0.15) is 0 Å². The van der Waals surface area contributed by atoms with E-state index in [9.17, 15) is 0 Å². The molecule has 0 N–H and O–H groups in total. The van der Waals surface area contributed by atoms with E-state index in [2.05, 4.69) is 43.6 Å². The third kappa shape index (κ3) is 2.48. The molecule has 3 unspecified atom stereocenters. The largest absolute Gasteiger partial charge is 0.0856 e. The highest BCUT2D eigenvalue weighted by molar-refractivity contribution is 9.10. The molecule has 0 radical (unpaired) electrons. The summed E-state index contributed by atoms with van der Waals surface area (Å²) in [5.74, 6) is 2.74. The van der Waals surface area contributed by atoms with Crippen LogP contribution in [0.25, 0.3) is 0 Å². The van der Waals surface area contributed by atoms with Gasteiger partial charge in [-0.1, -0.05) is 36.2 Å². The molecule has 0 aromatic heterocycles. The van der Waals surface area contributed by atoms with Crippen LogP contribution in [0.2, 0.25) is 0 Å². The summed E-state index contributed by atoms with van der Waals surface area (Å²) in [6.07, 6.45) is 4.23. The number of alkyl halides is 1. The van der Waals surface area contributed by atoms with Crippen molar-refractivity contribution in [2.45, 2.75) is 51.3 Å². The Kier molecular flexibility index (Phi) is 3.25. The maximum atomic E-state index is 3.79. The van der Waals surface area contributed by atoms with E-state index >= 15 is 0 Å². The first kappa shape index (κ1) is 10.6. The molecule has 12 heavy (non-hydrogen) atoms. The maximum absolute atomic E-state index is 3.79. The molecule has 0 aliphatic heterocycles. The lowest BCUT2D eigenvalue weighted by Gasteiger charge is -2.38. The zero-order valence-electron chi connectivity index (χ0n) is 8.73. The zero-order chi connectivity index (χ0) is 9.35. The van der Waals surface area contributed by atoms with Gasteiger partial charge in [0.2, 0.25) is 0 Å². The van der Waals surface area contributed by atoms with Crippen LogP contribution in [0.5, 0.6) is 0 Å². The van der Waals surface area contributed by atoms with E-state index in [0.29, 0.717) is 4.32 Å². The number of hydrogen-bond donors (Lipinski definition) is 0. The van der Waals surface area contributed by atoms with E-state index in [4.69, 9.17) is 0 Å². The van der Waals surface area contributed by atoms with Crippen molar-refractivity contribution in [2.75, 3.05) is 0 Å². The second-order valence-electron chi connectivity index (χ2n) is 5.03. The molecule has 3 atom stereocenters. The van der Waals surface area contributed by atoms with Gasteiger partial charge in [0.05, 0.1) is 0 Å². The van der Waals surface area contributed by atoms with Gasteiger partial charge in [-0.25, -0.2) is 0 Å². The smallest absolute Gasteiger partial charge is 0.0230 e. The van der Waals surface area contributed by atoms with E-state index in [1.807, 2.05) is 0 Å². The number of rotatable bonds is 1. The van der Waals surface area contributed by atoms with Crippen molar-refractivity contribution < 1.29 is 0 Å². The fourth-order valence-electron chi connectivity index (χ4n) is 2.17. The van der Waals surface area contributed by atoms with Crippen LogP contribution in [0.15, 0.2) is 0 Å². The van der Waals surface area contributed by atoms with E-state index in [-0.39, 0.29) is 0 Å². The first-order valence-electron chi connectivity index (χ1n) is 5.10. The Balaban J connectivity index is 2.51. The number of hydrogen-bond acceptors (Lipinski definition) is 0. The average molecular weight is 233 g/mol. The molecule has 0 amide bonds. The molecule has 0 spiro atoms. The van der Waals surface area contributed by atoms with E-state index < -0.39 is 0 Å². The Morgan fingerprint density at radius 3 is 2.08 bits per heavy atom. The molecule has 1 saturated carbocycles. The molecular formula is C11H21Br. The lowest BCUT2D eigenvalue weighted by molar-refractivity contribution is 0.186. The fourth-order valence-corrected chi connectivity index (χ4v) is 2.59. The SMILES string of the molecule is CC1CCC(C(C)(C)Br)CC1C. The van der Waals surface area contributed by atoms with Gasteiger partial charge in [-0.3, -0.25) is 0 Å². The van der Waals surface area contributed by atoms with Crippen molar-refractivity contribution >= 4 is 15.9 Å². The highest BCUT2D eigenvalue weighted by atomic mass is 79.9. The lowest BCUT2D eigenvalue weighted by atomic mass is 9.72. The first-order valence-corrected chi connectivity index (χ1v) is 5.89. The van der Waals surface area contributed by atoms with Crippen molar-refractivity contribution in [3.8, 4) is 0 Å². The van der Waals surface area contributed by atoms with Gasteiger partial charge < -0.3 is 0 Å². The van der Waals surface area contributed by atoms with E-state index in [1.54, 1.807) is 0 Å². The Morgan fingerprint density at radius 2 is 1.67 bits per heavy atom. The predicted molar refractivity (Wildman–Crippen MR) is 58.7 cm³/mol. The van der Waals surface area contributed by atoms with Gasteiger partial charge in [0.15, 0.2) is 0 Å².